The van der Waals surface area contributed by atoms with Crippen LogP contribution < -0.4 is 0 Å². The van der Waals surface area contributed by atoms with Crippen molar-refractivity contribution in [3.05, 3.63) is 0 Å². The van der Waals surface area contributed by atoms with Gasteiger partial charge in [0.1, 0.15) is 0 Å². The summed E-state index contributed by atoms with van der Waals surface area (Å²) in [6, 6.07) is 0. The van der Waals surface area contributed by atoms with Gasteiger partial charge < -0.3 is 0 Å². The number of hydrogen-bond acceptors (Lipinski definition) is 0. The number of rotatable bonds is 3. The zero-order valence-corrected chi connectivity index (χ0v) is 13.9. The monoisotopic (exact) mass is 398 g/mol. The van der Waals surface area contributed by atoms with E-state index in [1.807, 2.05) is 0 Å². The summed E-state index contributed by atoms with van der Waals surface area (Å²) in [4.78, 5) is 0. The molecule has 0 amide bonds. The van der Waals surface area contributed by atoms with Crippen LogP contribution in [-0.4, -0.2) is 8.25 Å². The van der Waals surface area contributed by atoms with Crippen molar-refractivity contribution in [2.45, 2.75) is 78.9 Å². The molecule has 2 saturated carbocycles. The van der Waals surface area contributed by atoms with E-state index in [-0.39, 0.29) is 0 Å². The molecular formula is C14H24BrI. The highest BCUT2D eigenvalue weighted by Gasteiger charge is 2.36. The molecule has 16 heavy (non-hydrogen) atoms. The maximum absolute atomic E-state index is 4.11. The average Bonchev–Trinajstić information content (AvgIpc) is 2.66. The fourth-order valence-corrected chi connectivity index (χ4v) is 5.47. The van der Waals surface area contributed by atoms with Gasteiger partial charge in [0, 0.05) is 8.25 Å². The second kappa shape index (κ2) is 6.40. The smallest absolute Gasteiger partial charge is 0.0375 e. The Morgan fingerprint density at radius 1 is 1.00 bits per heavy atom. The molecule has 0 heterocycles. The quantitative estimate of drug-likeness (QED) is 0.317. The van der Waals surface area contributed by atoms with Gasteiger partial charge in [-0.15, -0.1) is 0 Å². The Kier molecular flexibility index (Phi) is 5.45. The van der Waals surface area contributed by atoms with Gasteiger partial charge in [0.05, 0.1) is 0 Å². The summed E-state index contributed by atoms with van der Waals surface area (Å²) in [6.45, 7) is 0. The van der Waals surface area contributed by atoms with Crippen LogP contribution in [0.25, 0.3) is 0 Å². The van der Waals surface area contributed by atoms with Gasteiger partial charge in [-0.25, -0.2) is 0 Å². The van der Waals surface area contributed by atoms with Gasteiger partial charge in [0.2, 0.25) is 0 Å². The van der Waals surface area contributed by atoms with Crippen molar-refractivity contribution < 1.29 is 0 Å². The first-order valence-electron chi connectivity index (χ1n) is 7.04. The fourth-order valence-electron chi connectivity index (χ4n) is 3.38. The van der Waals surface area contributed by atoms with Crippen LogP contribution in [0.15, 0.2) is 0 Å². The van der Waals surface area contributed by atoms with E-state index in [9.17, 15) is 0 Å². The maximum Gasteiger partial charge on any atom is 0.0375 e. The molecule has 0 N–H and O–H groups in total. The minimum absolute atomic E-state index is 0.479. The normalized spacial score (nSPS) is 28.9. The molecule has 2 rings (SSSR count). The van der Waals surface area contributed by atoms with E-state index in [0.29, 0.717) is 4.32 Å². The van der Waals surface area contributed by atoms with E-state index < -0.39 is 0 Å². The zero-order valence-electron chi connectivity index (χ0n) is 10.2. The van der Waals surface area contributed by atoms with Gasteiger partial charge in [-0.1, -0.05) is 89.9 Å². The van der Waals surface area contributed by atoms with Crippen LogP contribution in [-0.2, 0) is 0 Å². The van der Waals surface area contributed by atoms with Gasteiger partial charge in [-0.3, -0.25) is 0 Å². The fraction of sp³-hybridized carbons (Fsp3) is 1.00. The molecule has 1 atom stereocenters. The second-order valence-corrected chi connectivity index (χ2v) is 8.89. The molecule has 2 aliphatic carbocycles. The van der Waals surface area contributed by atoms with Crippen LogP contribution in [0.3, 0.4) is 0 Å². The maximum atomic E-state index is 4.11. The van der Waals surface area contributed by atoms with Crippen LogP contribution in [0.2, 0.25) is 0 Å². The zero-order chi connectivity index (χ0) is 11.4. The molecule has 0 aromatic rings. The third-order valence-corrected chi connectivity index (χ3v) is 8.41. The van der Waals surface area contributed by atoms with E-state index >= 15 is 0 Å². The van der Waals surface area contributed by atoms with Crippen molar-refractivity contribution in [3.63, 3.8) is 0 Å². The summed E-state index contributed by atoms with van der Waals surface area (Å²) in [5, 5.41) is 0. The Hall–Kier alpha value is 1.21. The third kappa shape index (κ3) is 3.60. The molecule has 1 unspecified atom stereocenters. The van der Waals surface area contributed by atoms with Crippen LogP contribution in [0.4, 0.5) is 0 Å². The minimum atomic E-state index is 0.479. The molecule has 0 spiro atoms. The molecule has 94 valence electrons. The van der Waals surface area contributed by atoms with Crippen molar-refractivity contribution >= 4 is 38.5 Å². The molecule has 2 heteroatoms. The summed E-state index contributed by atoms with van der Waals surface area (Å²) in [6.07, 6.45) is 16.1. The van der Waals surface area contributed by atoms with E-state index in [4.69, 9.17) is 0 Å². The van der Waals surface area contributed by atoms with Crippen molar-refractivity contribution in [2.75, 3.05) is 0 Å². The lowest BCUT2D eigenvalue weighted by molar-refractivity contribution is 0.425. The molecule has 0 saturated heterocycles. The van der Waals surface area contributed by atoms with Gasteiger partial charge in [-0.2, -0.15) is 0 Å². The van der Waals surface area contributed by atoms with Crippen molar-refractivity contribution in [1.29, 1.82) is 0 Å². The second-order valence-electron chi connectivity index (χ2n) is 5.80. The molecule has 0 radical (unpaired) electrons. The average molecular weight is 399 g/mol. The Labute approximate surface area is 123 Å². The highest BCUT2D eigenvalue weighted by Crippen LogP contribution is 2.44. The summed E-state index contributed by atoms with van der Waals surface area (Å²) in [7, 11) is 0. The Morgan fingerprint density at radius 3 is 2.12 bits per heavy atom. The van der Waals surface area contributed by atoms with E-state index in [0.717, 1.165) is 9.84 Å². The van der Waals surface area contributed by atoms with Crippen LogP contribution in [0.1, 0.15) is 70.6 Å². The molecule has 0 nitrogen and oxygen atoms in total. The minimum Gasteiger partial charge on any atom is -0.0842 e. The predicted molar refractivity (Wildman–Crippen MR) is 83.7 cm³/mol. The van der Waals surface area contributed by atoms with Crippen LogP contribution in [0, 0.1) is 5.92 Å². The van der Waals surface area contributed by atoms with Crippen LogP contribution >= 0.6 is 38.5 Å². The van der Waals surface area contributed by atoms with Crippen molar-refractivity contribution in [1.82, 2.24) is 0 Å². The lowest BCUT2D eigenvalue weighted by atomic mass is 9.89. The summed E-state index contributed by atoms with van der Waals surface area (Å²) < 4.78 is 1.33. The van der Waals surface area contributed by atoms with Gasteiger partial charge >= 0.3 is 0 Å². The van der Waals surface area contributed by atoms with Crippen LogP contribution in [0.5, 0.6) is 0 Å². The molecule has 0 bridgehead atoms. The third-order valence-electron chi connectivity index (χ3n) is 4.51. The van der Waals surface area contributed by atoms with Gasteiger partial charge in [0.25, 0.3) is 0 Å². The first kappa shape index (κ1) is 13.6. The van der Waals surface area contributed by atoms with Gasteiger partial charge in [-0.05, 0) is 25.2 Å². The first-order valence-corrected chi connectivity index (χ1v) is 9.07. The van der Waals surface area contributed by atoms with Crippen molar-refractivity contribution in [2.24, 2.45) is 5.92 Å². The Morgan fingerprint density at radius 2 is 1.56 bits per heavy atom. The number of halogens is 2. The lowest BCUT2D eigenvalue weighted by Crippen LogP contribution is -2.32. The topological polar surface area (TPSA) is 0 Å². The van der Waals surface area contributed by atoms with Gasteiger partial charge in [0.15, 0.2) is 0 Å². The van der Waals surface area contributed by atoms with E-state index in [1.54, 1.807) is 0 Å². The Bertz CT molecular complexity index is 203. The summed E-state index contributed by atoms with van der Waals surface area (Å²) in [5.41, 5.74) is 0. The first-order chi connectivity index (χ1) is 7.71. The molecule has 0 aromatic heterocycles. The number of alkyl halides is 2. The SMILES string of the molecule is BrC1(C(I)CC2CCCC2)CCCCCC1. The number of hydrogen-bond donors (Lipinski definition) is 0. The molecule has 2 aliphatic rings. The van der Waals surface area contributed by atoms with E-state index in [1.165, 1.54) is 70.6 Å². The molecule has 0 aromatic carbocycles. The molecular weight excluding hydrogens is 375 g/mol. The predicted octanol–water partition coefficient (Wildman–Crippen LogP) is 5.86. The molecule has 2 fully saturated rings. The Balaban J connectivity index is 1.87. The van der Waals surface area contributed by atoms with Crippen molar-refractivity contribution in [3.8, 4) is 0 Å². The van der Waals surface area contributed by atoms with E-state index in [2.05, 4.69) is 38.5 Å². The summed E-state index contributed by atoms with van der Waals surface area (Å²) >= 11 is 6.85. The standard InChI is InChI=1S/C14H24BrI/c15-14(9-5-1-2-6-10-14)13(16)11-12-7-3-4-8-12/h12-13H,1-11H2. The lowest BCUT2D eigenvalue weighted by Gasteiger charge is -2.33. The highest BCUT2D eigenvalue weighted by molar-refractivity contribution is 14.1. The summed E-state index contributed by atoms with van der Waals surface area (Å²) in [5.74, 6) is 1.04. The molecule has 0 aliphatic heterocycles. The highest BCUT2D eigenvalue weighted by atomic mass is 127. The largest absolute Gasteiger partial charge is 0.0842 e.